The van der Waals surface area contributed by atoms with Gasteiger partial charge in [-0.3, -0.25) is 9.20 Å². The van der Waals surface area contributed by atoms with Gasteiger partial charge in [0.25, 0.3) is 5.91 Å². The number of carbonyl (C=O) groups is 1. The third-order valence-corrected chi connectivity index (χ3v) is 5.97. The molecule has 0 bridgehead atoms. The van der Waals surface area contributed by atoms with Crippen LogP contribution in [-0.2, 0) is 0 Å². The van der Waals surface area contributed by atoms with E-state index in [4.69, 9.17) is 10.7 Å². The number of fused-ring (bicyclic) bond motifs is 1. The molecular formula is C26H28N6O. The number of hydrogen-bond acceptors (Lipinski definition) is 5. The number of amides is 1. The van der Waals surface area contributed by atoms with Crippen LogP contribution in [0.25, 0.3) is 28.2 Å². The van der Waals surface area contributed by atoms with Gasteiger partial charge in [0.15, 0.2) is 11.5 Å². The second-order valence-corrected chi connectivity index (χ2v) is 8.55. The van der Waals surface area contributed by atoms with E-state index in [0.29, 0.717) is 24.0 Å². The molecular weight excluding hydrogens is 412 g/mol. The highest BCUT2D eigenvalue weighted by Crippen LogP contribution is 2.28. The lowest BCUT2D eigenvalue weighted by Gasteiger charge is -2.14. The van der Waals surface area contributed by atoms with Crippen molar-refractivity contribution in [3.05, 3.63) is 72.6 Å². The lowest BCUT2D eigenvalue weighted by molar-refractivity contribution is 0.0951. The fourth-order valence-corrected chi connectivity index (χ4v) is 3.73. The summed E-state index contributed by atoms with van der Waals surface area (Å²) in [5.74, 6) is 0.684. The van der Waals surface area contributed by atoms with Crippen LogP contribution in [0, 0.1) is 0 Å². The van der Waals surface area contributed by atoms with E-state index in [0.717, 1.165) is 47.4 Å². The number of hydrogen-bond donors (Lipinski definition) is 3. The molecule has 7 heteroatoms. The number of carbonyl (C=O) groups excluding carboxylic acids is 1. The Bertz CT molecular complexity index is 1260. The molecule has 1 amide bonds. The summed E-state index contributed by atoms with van der Waals surface area (Å²) >= 11 is 0. The molecule has 1 aliphatic carbocycles. The van der Waals surface area contributed by atoms with Crippen LogP contribution in [0.2, 0.25) is 0 Å². The van der Waals surface area contributed by atoms with Crippen molar-refractivity contribution in [2.24, 2.45) is 5.73 Å². The summed E-state index contributed by atoms with van der Waals surface area (Å²) in [6, 6.07) is 18.1. The highest BCUT2D eigenvalue weighted by Gasteiger charge is 2.23. The van der Waals surface area contributed by atoms with Crippen LogP contribution in [-0.4, -0.2) is 38.9 Å². The maximum Gasteiger partial charge on any atom is 0.251 e. The highest BCUT2D eigenvalue weighted by molar-refractivity contribution is 5.95. The van der Waals surface area contributed by atoms with Gasteiger partial charge in [-0.1, -0.05) is 49.4 Å². The number of nitrogens with zero attached hydrogens (tertiary/aromatic N) is 3. The molecule has 0 saturated heterocycles. The Labute approximate surface area is 193 Å². The van der Waals surface area contributed by atoms with Gasteiger partial charge >= 0.3 is 0 Å². The SMILES string of the molecule is CCC(N)CNc1nc(-c2ccccc2)cn2c(-c3ccc(C(=O)NC4CC4)cc3)cnc12. The van der Waals surface area contributed by atoms with Gasteiger partial charge in [-0.25, -0.2) is 9.97 Å². The number of imidazole rings is 1. The summed E-state index contributed by atoms with van der Waals surface area (Å²) in [7, 11) is 0. The Morgan fingerprint density at radius 1 is 1.12 bits per heavy atom. The van der Waals surface area contributed by atoms with Crippen LogP contribution in [0.4, 0.5) is 5.82 Å². The molecule has 5 rings (SSSR count). The Morgan fingerprint density at radius 2 is 1.88 bits per heavy atom. The molecule has 7 nitrogen and oxygen atoms in total. The quantitative estimate of drug-likeness (QED) is 0.383. The van der Waals surface area contributed by atoms with Gasteiger partial charge in [0.05, 0.1) is 17.6 Å². The molecule has 0 radical (unpaired) electrons. The van der Waals surface area contributed by atoms with Crippen molar-refractivity contribution in [3.63, 3.8) is 0 Å². The molecule has 1 saturated carbocycles. The molecule has 2 aromatic heterocycles. The van der Waals surface area contributed by atoms with Crippen LogP contribution in [0.3, 0.4) is 0 Å². The summed E-state index contributed by atoms with van der Waals surface area (Å²) in [5.41, 5.74) is 11.3. The minimum Gasteiger partial charge on any atom is -0.365 e. The molecule has 4 N–H and O–H groups in total. The summed E-state index contributed by atoms with van der Waals surface area (Å²) in [5, 5.41) is 6.42. The zero-order valence-electron chi connectivity index (χ0n) is 18.7. The van der Waals surface area contributed by atoms with Crippen LogP contribution >= 0.6 is 0 Å². The number of benzene rings is 2. The minimum absolute atomic E-state index is 0.0171. The normalized spacial score (nSPS) is 14.2. The predicted octanol–water partition coefficient (Wildman–Crippen LogP) is 4.10. The summed E-state index contributed by atoms with van der Waals surface area (Å²) < 4.78 is 2.05. The molecule has 4 aromatic rings. The Kier molecular flexibility index (Phi) is 5.79. The number of rotatable bonds is 8. The van der Waals surface area contributed by atoms with Gasteiger partial charge < -0.3 is 16.4 Å². The van der Waals surface area contributed by atoms with Crippen molar-refractivity contribution in [2.45, 2.75) is 38.3 Å². The first-order valence-corrected chi connectivity index (χ1v) is 11.5. The van der Waals surface area contributed by atoms with Crippen molar-refractivity contribution in [1.82, 2.24) is 19.7 Å². The second-order valence-electron chi connectivity index (χ2n) is 8.55. The van der Waals surface area contributed by atoms with E-state index in [1.54, 1.807) is 0 Å². The first-order chi connectivity index (χ1) is 16.1. The first-order valence-electron chi connectivity index (χ1n) is 11.5. The number of nitrogens with two attached hydrogens (primary N) is 1. The van der Waals surface area contributed by atoms with Crippen molar-refractivity contribution < 1.29 is 4.79 Å². The average molecular weight is 441 g/mol. The number of nitrogens with one attached hydrogen (secondary N) is 2. The summed E-state index contributed by atoms with van der Waals surface area (Å²) in [4.78, 5) is 21.9. The molecule has 1 fully saturated rings. The van der Waals surface area contributed by atoms with Crippen molar-refractivity contribution >= 4 is 17.4 Å². The van der Waals surface area contributed by atoms with Crippen molar-refractivity contribution in [2.75, 3.05) is 11.9 Å². The molecule has 168 valence electrons. The molecule has 0 aliphatic heterocycles. The molecule has 1 unspecified atom stereocenters. The monoisotopic (exact) mass is 440 g/mol. The van der Waals surface area contributed by atoms with Gasteiger partial charge in [0.2, 0.25) is 0 Å². The lowest BCUT2D eigenvalue weighted by atomic mass is 10.1. The Balaban J connectivity index is 1.53. The smallest absolute Gasteiger partial charge is 0.251 e. The van der Waals surface area contributed by atoms with E-state index >= 15 is 0 Å². The number of anilines is 1. The molecule has 0 spiro atoms. The topological polar surface area (TPSA) is 97.3 Å². The number of aromatic nitrogens is 3. The molecule has 1 atom stereocenters. The van der Waals surface area contributed by atoms with E-state index in [9.17, 15) is 4.79 Å². The third kappa shape index (κ3) is 4.59. The van der Waals surface area contributed by atoms with E-state index in [1.165, 1.54) is 0 Å². The fraction of sp³-hybridized carbons (Fsp3) is 0.269. The molecule has 1 aliphatic rings. The van der Waals surface area contributed by atoms with E-state index in [2.05, 4.69) is 26.9 Å². The van der Waals surface area contributed by atoms with Gasteiger partial charge in [-0.15, -0.1) is 0 Å². The van der Waals surface area contributed by atoms with Crippen LogP contribution in [0.15, 0.2) is 67.0 Å². The van der Waals surface area contributed by atoms with E-state index < -0.39 is 0 Å². The Hall–Kier alpha value is -3.71. The third-order valence-electron chi connectivity index (χ3n) is 5.97. The van der Waals surface area contributed by atoms with Gasteiger partial charge in [-0.05, 0) is 31.4 Å². The van der Waals surface area contributed by atoms with Gasteiger partial charge in [-0.2, -0.15) is 0 Å². The van der Waals surface area contributed by atoms with Crippen molar-refractivity contribution in [3.8, 4) is 22.5 Å². The van der Waals surface area contributed by atoms with Gasteiger partial charge in [0, 0.05) is 41.5 Å². The molecule has 2 heterocycles. The van der Waals surface area contributed by atoms with E-state index in [-0.39, 0.29) is 11.9 Å². The standard InChI is InChI=1S/C26H28N6O/c1-2-20(27)14-28-24-25-29-15-23(32(25)16-22(31-24)17-6-4-3-5-7-17)18-8-10-19(11-9-18)26(33)30-21-12-13-21/h3-11,15-16,20-21H,2,12-14,27H2,1H3,(H,28,31)(H,30,33). The average Bonchev–Trinajstić information content (AvgIpc) is 3.57. The zero-order chi connectivity index (χ0) is 22.8. The van der Waals surface area contributed by atoms with Crippen LogP contribution in [0.5, 0.6) is 0 Å². The van der Waals surface area contributed by atoms with Crippen LogP contribution < -0.4 is 16.4 Å². The second kappa shape index (κ2) is 9.03. The van der Waals surface area contributed by atoms with Crippen molar-refractivity contribution in [1.29, 1.82) is 0 Å². The summed E-state index contributed by atoms with van der Waals surface area (Å²) in [6.07, 6.45) is 6.87. The maximum absolute atomic E-state index is 12.3. The molecule has 2 aromatic carbocycles. The predicted molar refractivity (Wildman–Crippen MR) is 131 cm³/mol. The minimum atomic E-state index is -0.0171. The largest absolute Gasteiger partial charge is 0.365 e. The maximum atomic E-state index is 12.3. The Morgan fingerprint density at radius 3 is 2.58 bits per heavy atom. The highest BCUT2D eigenvalue weighted by atomic mass is 16.1. The first kappa shape index (κ1) is 21.2. The zero-order valence-corrected chi connectivity index (χ0v) is 18.7. The molecule has 33 heavy (non-hydrogen) atoms. The summed E-state index contributed by atoms with van der Waals surface area (Å²) in [6.45, 7) is 2.68. The lowest BCUT2D eigenvalue weighted by Crippen LogP contribution is -2.28. The van der Waals surface area contributed by atoms with Gasteiger partial charge in [0.1, 0.15) is 0 Å². The van der Waals surface area contributed by atoms with Crippen LogP contribution in [0.1, 0.15) is 36.5 Å². The van der Waals surface area contributed by atoms with E-state index in [1.807, 2.05) is 67.0 Å². The fourth-order valence-electron chi connectivity index (χ4n) is 3.73.